The molecule has 1 aromatic rings. The lowest BCUT2D eigenvalue weighted by atomic mass is 9.84. The van der Waals surface area contributed by atoms with Crippen molar-refractivity contribution in [1.82, 2.24) is 5.43 Å². The van der Waals surface area contributed by atoms with Crippen molar-refractivity contribution in [3.63, 3.8) is 0 Å². The Morgan fingerprint density at radius 2 is 2.05 bits per heavy atom. The second kappa shape index (κ2) is 5.93. The average molecular weight is 262 g/mol. The van der Waals surface area contributed by atoms with Crippen LogP contribution >= 0.6 is 0 Å². The third-order valence-corrected chi connectivity index (χ3v) is 4.56. The molecular weight excluding hydrogens is 236 g/mol. The maximum Gasteiger partial charge on any atom is 0.124 e. The Morgan fingerprint density at radius 3 is 2.58 bits per heavy atom. The number of nitrogens with two attached hydrogens (primary N) is 1. The van der Waals surface area contributed by atoms with Crippen LogP contribution in [0.4, 0.5) is 0 Å². The van der Waals surface area contributed by atoms with Gasteiger partial charge in [0.1, 0.15) is 5.75 Å². The van der Waals surface area contributed by atoms with Gasteiger partial charge in [-0.3, -0.25) is 11.3 Å². The van der Waals surface area contributed by atoms with Gasteiger partial charge in [-0.05, 0) is 49.3 Å². The quantitative estimate of drug-likeness (QED) is 0.647. The molecule has 3 atom stereocenters. The molecule has 0 aliphatic heterocycles. The zero-order chi connectivity index (χ0) is 14.0. The third-order valence-electron chi connectivity index (χ3n) is 4.56. The molecule has 2 rings (SSSR count). The van der Waals surface area contributed by atoms with Crippen molar-refractivity contribution in [1.29, 1.82) is 0 Å². The van der Waals surface area contributed by atoms with Gasteiger partial charge in [0.15, 0.2) is 0 Å². The smallest absolute Gasteiger partial charge is 0.124 e. The molecule has 0 radical (unpaired) electrons. The summed E-state index contributed by atoms with van der Waals surface area (Å²) in [5.74, 6) is 8.14. The minimum atomic E-state index is 0.188. The van der Waals surface area contributed by atoms with Crippen molar-refractivity contribution in [2.24, 2.45) is 17.7 Å². The van der Waals surface area contributed by atoms with Crippen LogP contribution in [0.1, 0.15) is 48.9 Å². The zero-order valence-electron chi connectivity index (χ0n) is 12.5. The number of hydrogen-bond donors (Lipinski definition) is 2. The van der Waals surface area contributed by atoms with E-state index >= 15 is 0 Å². The average Bonchev–Trinajstić information content (AvgIpc) is 2.78. The maximum atomic E-state index is 5.87. The van der Waals surface area contributed by atoms with Crippen molar-refractivity contribution in [3.8, 4) is 5.75 Å². The molecular formula is C16H26N2O. The normalized spacial score (nSPS) is 24.5. The molecule has 1 saturated carbocycles. The zero-order valence-corrected chi connectivity index (χ0v) is 12.5. The molecule has 0 aromatic heterocycles. The van der Waals surface area contributed by atoms with Crippen LogP contribution < -0.4 is 16.0 Å². The highest BCUT2D eigenvalue weighted by molar-refractivity contribution is 5.45. The van der Waals surface area contributed by atoms with Gasteiger partial charge in [0.05, 0.1) is 13.2 Å². The molecule has 0 saturated heterocycles. The summed E-state index contributed by atoms with van der Waals surface area (Å²) in [7, 11) is 1.74. The lowest BCUT2D eigenvalue weighted by Crippen LogP contribution is -2.35. The van der Waals surface area contributed by atoms with Gasteiger partial charge in [-0.15, -0.1) is 0 Å². The van der Waals surface area contributed by atoms with E-state index in [1.165, 1.54) is 36.0 Å². The Labute approximate surface area is 116 Å². The van der Waals surface area contributed by atoms with E-state index in [-0.39, 0.29) is 6.04 Å². The summed E-state index contributed by atoms with van der Waals surface area (Å²) in [5.41, 5.74) is 6.77. The summed E-state index contributed by atoms with van der Waals surface area (Å²) in [6, 6.07) is 4.50. The molecule has 1 aliphatic rings. The Balaban J connectivity index is 2.42. The molecule has 1 fully saturated rings. The topological polar surface area (TPSA) is 47.3 Å². The molecule has 19 heavy (non-hydrogen) atoms. The fourth-order valence-electron chi connectivity index (χ4n) is 3.60. The lowest BCUT2D eigenvalue weighted by molar-refractivity contribution is 0.294. The number of methoxy groups -OCH3 is 1. The van der Waals surface area contributed by atoms with E-state index in [1.54, 1.807) is 7.11 Å². The van der Waals surface area contributed by atoms with Crippen molar-refractivity contribution < 1.29 is 4.74 Å². The van der Waals surface area contributed by atoms with Crippen LogP contribution in [-0.2, 0) is 0 Å². The highest BCUT2D eigenvalue weighted by atomic mass is 16.5. The summed E-state index contributed by atoms with van der Waals surface area (Å²) in [4.78, 5) is 0. The van der Waals surface area contributed by atoms with Gasteiger partial charge in [-0.25, -0.2) is 0 Å². The van der Waals surface area contributed by atoms with E-state index in [4.69, 9.17) is 10.6 Å². The molecule has 1 aliphatic carbocycles. The van der Waals surface area contributed by atoms with E-state index in [2.05, 4.69) is 38.3 Å². The van der Waals surface area contributed by atoms with Crippen LogP contribution in [0, 0.1) is 25.7 Å². The number of nitrogens with one attached hydrogen (secondary N) is 1. The standard InChI is InChI=1S/C16H26N2O/c1-10-8-12(3)15(14(9-10)19-4)16(18-17)13-7-5-6-11(13)2/h8-9,11,13,16,18H,5-7,17H2,1-4H3. The van der Waals surface area contributed by atoms with Crippen LogP contribution in [0.25, 0.3) is 0 Å². The van der Waals surface area contributed by atoms with E-state index in [9.17, 15) is 0 Å². The number of rotatable bonds is 4. The van der Waals surface area contributed by atoms with Crippen molar-refractivity contribution in [3.05, 3.63) is 28.8 Å². The predicted octanol–water partition coefficient (Wildman–Crippen LogP) is 3.25. The van der Waals surface area contributed by atoms with E-state index in [1.807, 2.05) is 0 Å². The highest BCUT2D eigenvalue weighted by Crippen LogP contribution is 2.43. The summed E-state index contributed by atoms with van der Waals surface area (Å²) in [6.07, 6.45) is 3.85. The molecule has 3 unspecified atom stereocenters. The first-order chi connectivity index (χ1) is 9.08. The van der Waals surface area contributed by atoms with Crippen LogP contribution in [0.15, 0.2) is 12.1 Å². The SMILES string of the molecule is COc1cc(C)cc(C)c1C(NN)C1CCCC1C. The fourth-order valence-corrected chi connectivity index (χ4v) is 3.60. The van der Waals surface area contributed by atoms with Crippen molar-refractivity contribution >= 4 is 0 Å². The minimum Gasteiger partial charge on any atom is -0.496 e. The lowest BCUT2D eigenvalue weighted by Gasteiger charge is -2.29. The van der Waals surface area contributed by atoms with Gasteiger partial charge in [-0.2, -0.15) is 0 Å². The molecule has 0 amide bonds. The van der Waals surface area contributed by atoms with Crippen molar-refractivity contribution in [2.75, 3.05) is 7.11 Å². The molecule has 0 heterocycles. The Hall–Kier alpha value is -1.06. The monoisotopic (exact) mass is 262 g/mol. The number of benzene rings is 1. The first-order valence-corrected chi connectivity index (χ1v) is 7.19. The highest BCUT2D eigenvalue weighted by Gasteiger charge is 2.33. The number of hydrogen-bond acceptors (Lipinski definition) is 3. The molecule has 3 nitrogen and oxygen atoms in total. The number of aryl methyl sites for hydroxylation is 2. The molecule has 106 valence electrons. The second-order valence-corrected chi connectivity index (χ2v) is 5.91. The van der Waals surface area contributed by atoms with Gasteiger partial charge in [0.2, 0.25) is 0 Å². The van der Waals surface area contributed by atoms with Crippen LogP contribution in [-0.4, -0.2) is 7.11 Å². The van der Waals surface area contributed by atoms with Crippen LogP contribution in [0.5, 0.6) is 5.75 Å². The minimum absolute atomic E-state index is 0.188. The number of hydrazine groups is 1. The Bertz CT molecular complexity index is 445. The predicted molar refractivity (Wildman–Crippen MR) is 79.0 cm³/mol. The van der Waals surface area contributed by atoms with Gasteiger partial charge < -0.3 is 4.74 Å². The first kappa shape index (κ1) is 14.4. The second-order valence-electron chi connectivity index (χ2n) is 5.91. The summed E-state index contributed by atoms with van der Waals surface area (Å²) < 4.78 is 5.59. The van der Waals surface area contributed by atoms with Crippen LogP contribution in [0.3, 0.4) is 0 Å². The largest absolute Gasteiger partial charge is 0.496 e. The molecule has 0 bridgehead atoms. The molecule has 3 heteroatoms. The third kappa shape index (κ3) is 2.77. The number of ether oxygens (including phenoxy) is 1. The molecule has 3 N–H and O–H groups in total. The Kier molecular flexibility index (Phi) is 4.48. The summed E-state index contributed by atoms with van der Waals surface area (Å²) in [5, 5.41) is 0. The maximum absolute atomic E-state index is 5.87. The van der Waals surface area contributed by atoms with Gasteiger partial charge in [0, 0.05) is 5.56 Å². The first-order valence-electron chi connectivity index (χ1n) is 7.19. The van der Waals surface area contributed by atoms with Gasteiger partial charge in [-0.1, -0.05) is 25.8 Å². The molecule has 0 spiro atoms. The van der Waals surface area contributed by atoms with E-state index in [0.29, 0.717) is 11.8 Å². The van der Waals surface area contributed by atoms with Gasteiger partial charge >= 0.3 is 0 Å². The fraction of sp³-hybridized carbons (Fsp3) is 0.625. The van der Waals surface area contributed by atoms with Crippen LogP contribution in [0.2, 0.25) is 0 Å². The Morgan fingerprint density at radius 1 is 1.32 bits per heavy atom. The van der Waals surface area contributed by atoms with Crippen molar-refractivity contribution in [2.45, 2.75) is 46.1 Å². The molecule has 1 aromatic carbocycles. The summed E-state index contributed by atoms with van der Waals surface area (Å²) in [6.45, 7) is 6.58. The summed E-state index contributed by atoms with van der Waals surface area (Å²) >= 11 is 0. The van der Waals surface area contributed by atoms with E-state index < -0.39 is 0 Å². The van der Waals surface area contributed by atoms with Gasteiger partial charge in [0.25, 0.3) is 0 Å². The van der Waals surface area contributed by atoms with E-state index in [0.717, 1.165) is 5.75 Å².